The molecule has 3 fully saturated rings. The van der Waals surface area contributed by atoms with E-state index in [0.717, 1.165) is 13.0 Å². The Kier molecular flexibility index (Phi) is 3.27. The fraction of sp³-hybridized carbons (Fsp3) is 0.867. The Labute approximate surface area is 104 Å². The molecule has 2 heteroatoms. The molecule has 0 bridgehead atoms. The number of hydrogen-bond acceptors (Lipinski definition) is 2. The van der Waals surface area contributed by atoms with Crippen LogP contribution < -0.4 is 0 Å². The summed E-state index contributed by atoms with van der Waals surface area (Å²) >= 11 is 0. The molecule has 2 saturated carbocycles. The molecule has 1 saturated heterocycles. The first kappa shape index (κ1) is 11.7. The Balaban J connectivity index is 1.43. The molecule has 3 aliphatic rings. The molecule has 2 nitrogen and oxygen atoms in total. The monoisotopic (exact) mass is 236 g/mol. The van der Waals surface area contributed by atoms with E-state index in [1.54, 1.807) is 0 Å². The Bertz CT molecular complexity index is 273. The highest BCUT2D eigenvalue weighted by molar-refractivity contribution is 5.16. The van der Waals surface area contributed by atoms with E-state index in [1.165, 1.54) is 56.9 Å². The second kappa shape index (κ2) is 4.74. The maximum Gasteiger partial charge on any atom is 0.157 e. The second-order valence-corrected chi connectivity index (χ2v) is 6.24. The molecule has 1 unspecified atom stereocenters. The highest BCUT2D eigenvalue weighted by Crippen LogP contribution is 2.54. The van der Waals surface area contributed by atoms with Crippen LogP contribution in [0.2, 0.25) is 0 Å². The Hall–Kier alpha value is -0.340. The topological polar surface area (TPSA) is 18.5 Å². The van der Waals surface area contributed by atoms with E-state index < -0.39 is 0 Å². The summed E-state index contributed by atoms with van der Waals surface area (Å²) in [6.45, 7) is 4.96. The number of rotatable bonds is 2. The highest BCUT2D eigenvalue weighted by Gasteiger charge is 2.42. The third-order valence-electron chi connectivity index (χ3n) is 4.73. The van der Waals surface area contributed by atoms with Crippen molar-refractivity contribution in [2.45, 2.75) is 70.2 Å². The van der Waals surface area contributed by atoms with Crippen LogP contribution in [0.5, 0.6) is 0 Å². The van der Waals surface area contributed by atoms with Gasteiger partial charge in [-0.3, -0.25) is 0 Å². The molecule has 1 atom stereocenters. The third-order valence-corrected chi connectivity index (χ3v) is 4.73. The van der Waals surface area contributed by atoms with Crippen LogP contribution in [-0.4, -0.2) is 19.0 Å². The first-order valence-corrected chi connectivity index (χ1v) is 7.20. The van der Waals surface area contributed by atoms with E-state index in [9.17, 15) is 0 Å². The molecule has 2 aliphatic carbocycles. The maximum absolute atomic E-state index is 6.08. The van der Waals surface area contributed by atoms with Gasteiger partial charge in [-0.25, -0.2) is 0 Å². The van der Waals surface area contributed by atoms with Gasteiger partial charge in [0.2, 0.25) is 0 Å². The Morgan fingerprint density at radius 2 is 1.88 bits per heavy atom. The molecule has 1 spiro atoms. The summed E-state index contributed by atoms with van der Waals surface area (Å²) < 4.78 is 11.7. The third kappa shape index (κ3) is 2.58. The molecule has 1 aliphatic heterocycles. The quantitative estimate of drug-likeness (QED) is 0.679. The highest BCUT2D eigenvalue weighted by atomic mass is 16.7. The van der Waals surface area contributed by atoms with Gasteiger partial charge in [0.15, 0.2) is 6.29 Å². The van der Waals surface area contributed by atoms with Gasteiger partial charge in [-0.15, -0.1) is 0 Å². The standard InChI is InChI=1S/C15H24O2/c1-12-10-15(11-12)7-5-13(6-8-15)17-14-4-2-3-9-16-14/h13-14H,1-11H2. The van der Waals surface area contributed by atoms with Gasteiger partial charge in [-0.1, -0.05) is 12.2 Å². The van der Waals surface area contributed by atoms with Gasteiger partial charge in [0, 0.05) is 6.61 Å². The minimum Gasteiger partial charge on any atom is -0.353 e. The molecule has 0 N–H and O–H groups in total. The van der Waals surface area contributed by atoms with Crippen LogP contribution >= 0.6 is 0 Å². The van der Waals surface area contributed by atoms with Gasteiger partial charge < -0.3 is 9.47 Å². The summed E-state index contributed by atoms with van der Waals surface area (Å²) in [6, 6.07) is 0. The van der Waals surface area contributed by atoms with Gasteiger partial charge in [0.1, 0.15) is 0 Å². The molecule has 17 heavy (non-hydrogen) atoms. The van der Waals surface area contributed by atoms with Crippen molar-refractivity contribution in [3.8, 4) is 0 Å². The number of hydrogen-bond donors (Lipinski definition) is 0. The molecule has 3 rings (SSSR count). The van der Waals surface area contributed by atoms with Gasteiger partial charge >= 0.3 is 0 Å². The summed E-state index contributed by atoms with van der Waals surface area (Å²) in [6.07, 6.45) is 11.8. The lowest BCUT2D eigenvalue weighted by molar-refractivity contribution is -0.198. The predicted molar refractivity (Wildman–Crippen MR) is 67.7 cm³/mol. The molecule has 0 aromatic rings. The summed E-state index contributed by atoms with van der Waals surface area (Å²) in [5.74, 6) is 0. The van der Waals surface area contributed by atoms with Crippen molar-refractivity contribution in [2.75, 3.05) is 6.61 Å². The van der Waals surface area contributed by atoms with E-state index in [2.05, 4.69) is 6.58 Å². The zero-order valence-electron chi connectivity index (χ0n) is 10.7. The van der Waals surface area contributed by atoms with Gasteiger partial charge in [0.25, 0.3) is 0 Å². The number of ether oxygens (including phenoxy) is 2. The smallest absolute Gasteiger partial charge is 0.157 e. The Morgan fingerprint density at radius 3 is 2.47 bits per heavy atom. The van der Waals surface area contributed by atoms with Crippen LogP contribution in [0.4, 0.5) is 0 Å². The summed E-state index contributed by atoms with van der Waals surface area (Å²) in [7, 11) is 0. The van der Waals surface area contributed by atoms with Crippen molar-refractivity contribution in [1.82, 2.24) is 0 Å². The van der Waals surface area contributed by atoms with Crippen molar-refractivity contribution in [1.29, 1.82) is 0 Å². The van der Waals surface area contributed by atoms with E-state index in [1.807, 2.05) is 0 Å². The van der Waals surface area contributed by atoms with Crippen LogP contribution in [0.1, 0.15) is 57.8 Å². The molecule has 0 radical (unpaired) electrons. The summed E-state index contributed by atoms with van der Waals surface area (Å²) in [4.78, 5) is 0. The normalized spacial score (nSPS) is 33.6. The average molecular weight is 236 g/mol. The zero-order valence-corrected chi connectivity index (χ0v) is 10.7. The average Bonchev–Trinajstić information content (AvgIpc) is 2.32. The van der Waals surface area contributed by atoms with E-state index in [-0.39, 0.29) is 6.29 Å². The van der Waals surface area contributed by atoms with Crippen LogP contribution in [0.3, 0.4) is 0 Å². The Morgan fingerprint density at radius 1 is 1.12 bits per heavy atom. The lowest BCUT2D eigenvalue weighted by atomic mass is 9.58. The van der Waals surface area contributed by atoms with Crippen molar-refractivity contribution < 1.29 is 9.47 Å². The van der Waals surface area contributed by atoms with Crippen LogP contribution in [0.25, 0.3) is 0 Å². The molecule has 0 amide bonds. The fourth-order valence-electron chi connectivity index (χ4n) is 3.74. The lowest BCUT2D eigenvalue weighted by Crippen LogP contribution is -2.39. The van der Waals surface area contributed by atoms with Crippen molar-refractivity contribution in [3.05, 3.63) is 12.2 Å². The van der Waals surface area contributed by atoms with Crippen molar-refractivity contribution >= 4 is 0 Å². The SMILES string of the molecule is C=C1CC2(CCC(OC3CCCCO3)CC2)C1. The van der Waals surface area contributed by atoms with Gasteiger partial charge in [0.05, 0.1) is 6.10 Å². The molecular weight excluding hydrogens is 212 g/mol. The van der Waals surface area contributed by atoms with Crippen molar-refractivity contribution in [3.63, 3.8) is 0 Å². The maximum atomic E-state index is 6.08. The second-order valence-electron chi connectivity index (χ2n) is 6.24. The molecule has 0 aromatic carbocycles. The van der Waals surface area contributed by atoms with Crippen LogP contribution in [0.15, 0.2) is 12.2 Å². The number of allylic oxidation sites excluding steroid dienone is 1. The fourth-order valence-corrected chi connectivity index (χ4v) is 3.74. The minimum absolute atomic E-state index is 0.0964. The van der Waals surface area contributed by atoms with Crippen LogP contribution in [0, 0.1) is 5.41 Å². The lowest BCUT2D eigenvalue weighted by Gasteiger charge is -2.48. The molecule has 96 valence electrons. The largest absolute Gasteiger partial charge is 0.353 e. The molecule has 1 heterocycles. The first-order valence-electron chi connectivity index (χ1n) is 7.20. The zero-order chi connectivity index (χ0) is 11.7. The minimum atomic E-state index is 0.0964. The summed E-state index contributed by atoms with van der Waals surface area (Å²) in [5.41, 5.74) is 2.09. The summed E-state index contributed by atoms with van der Waals surface area (Å²) in [5, 5.41) is 0. The molecular formula is C15H24O2. The molecule has 0 aromatic heterocycles. The van der Waals surface area contributed by atoms with Gasteiger partial charge in [-0.2, -0.15) is 0 Å². The van der Waals surface area contributed by atoms with Gasteiger partial charge in [-0.05, 0) is 63.2 Å². The predicted octanol–water partition coefficient (Wildman–Crippen LogP) is 3.81. The van der Waals surface area contributed by atoms with Crippen molar-refractivity contribution in [2.24, 2.45) is 5.41 Å². The van der Waals surface area contributed by atoms with E-state index >= 15 is 0 Å². The van der Waals surface area contributed by atoms with Crippen LogP contribution in [-0.2, 0) is 9.47 Å². The van der Waals surface area contributed by atoms with E-state index in [4.69, 9.17) is 9.47 Å². The van der Waals surface area contributed by atoms with E-state index in [0.29, 0.717) is 11.5 Å². The first-order chi connectivity index (χ1) is 8.26.